The SMILES string of the molecule is CC(C)(C)OC(=O)N1CCC(NCCCN2CCCCC2)CC1. The van der Waals surface area contributed by atoms with Gasteiger partial charge in [-0.2, -0.15) is 0 Å². The topological polar surface area (TPSA) is 44.8 Å². The molecule has 0 atom stereocenters. The van der Waals surface area contributed by atoms with Gasteiger partial charge in [0.15, 0.2) is 0 Å². The van der Waals surface area contributed by atoms with Gasteiger partial charge in [0.1, 0.15) is 5.60 Å². The van der Waals surface area contributed by atoms with Crippen LogP contribution in [0.25, 0.3) is 0 Å². The maximum Gasteiger partial charge on any atom is 0.410 e. The van der Waals surface area contributed by atoms with Crippen LogP contribution in [0.4, 0.5) is 4.79 Å². The third-order valence-electron chi connectivity index (χ3n) is 4.68. The van der Waals surface area contributed by atoms with E-state index in [4.69, 9.17) is 4.74 Å². The predicted octanol–water partition coefficient (Wildman–Crippen LogP) is 2.85. The first-order valence-electron chi connectivity index (χ1n) is 9.38. The molecule has 0 aromatic rings. The molecule has 0 aliphatic carbocycles. The zero-order valence-corrected chi connectivity index (χ0v) is 15.3. The van der Waals surface area contributed by atoms with Crippen LogP contribution < -0.4 is 5.32 Å². The average Bonchev–Trinajstić information content (AvgIpc) is 2.51. The molecule has 0 radical (unpaired) electrons. The predicted molar refractivity (Wildman–Crippen MR) is 93.7 cm³/mol. The molecular formula is C18H35N3O2. The van der Waals surface area contributed by atoms with E-state index in [9.17, 15) is 4.79 Å². The molecule has 5 nitrogen and oxygen atoms in total. The molecule has 1 amide bonds. The van der Waals surface area contributed by atoms with Crippen LogP contribution in [0.3, 0.4) is 0 Å². The second kappa shape index (κ2) is 8.88. The molecular weight excluding hydrogens is 290 g/mol. The van der Waals surface area contributed by atoms with E-state index in [2.05, 4.69) is 10.2 Å². The van der Waals surface area contributed by atoms with Crippen molar-refractivity contribution in [2.75, 3.05) is 39.3 Å². The average molecular weight is 325 g/mol. The number of nitrogens with one attached hydrogen (secondary N) is 1. The van der Waals surface area contributed by atoms with Crippen molar-refractivity contribution in [3.8, 4) is 0 Å². The van der Waals surface area contributed by atoms with E-state index < -0.39 is 5.60 Å². The fraction of sp³-hybridized carbons (Fsp3) is 0.944. The van der Waals surface area contributed by atoms with Gasteiger partial charge in [-0.05, 0) is 79.1 Å². The Kier molecular flexibility index (Phi) is 7.15. The van der Waals surface area contributed by atoms with Gasteiger partial charge in [-0.1, -0.05) is 6.42 Å². The molecule has 134 valence electrons. The lowest BCUT2D eigenvalue weighted by atomic mass is 10.1. The highest BCUT2D eigenvalue weighted by Crippen LogP contribution is 2.15. The number of carbonyl (C=O) groups is 1. The Morgan fingerprint density at radius 2 is 1.74 bits per heavy atom. The lowest BCUT2D eigenvalue weighted by molar-refractivity contribution is 0.0198. The summed E-state index contributed by atoms with van der Waals surface area (Å²) in [5.41, 5.74) is -0.402. The van der Waals surface area contributed by atoms with Gasteiger partial charge in [-0.15, -0.1) is 0 Å². The summed E-state index contributed by atoms with van der Waals surface area (Å²) in [6, 6.07) is 0.551. The van der Waals surface area contributed by atoms with Crippen molar-refractivity contribution in [2.24, 2.45) is 0 Å². The van der Waals surface area contributed by atoms with E-state index in [0.29, 0.717) is 6.04 Å². The summed E-state index contributed by atoms with van der Waals surface area (Å²) < 4.78 is 5.44. The molecule has 23 heavy (non-hydrogen) atoms. The fourth-order valence-corrected chi connectivity index (χ4v) is 3.38. The highest BCUT2D eigenvalue weighted by Gasteiger charge is 2.26. The van der Waals surface area contributed by atoms with Gasteiger partial charge in [0, 0.05) is 19.1 Å². The van der Waals surface area contributed by atoms with Crippen LogP contribution in [0, 0.1) is 0 Å². The molecule has 2 aliphatic heterocycles. The lowest BCUT2D eigenvalue weighted by Gasteiger charge is -2.34. The Hall–Kier alpha value is -0.810. The summed E-state index contributed by atoms with van der Waals surface area (Å²) in [6.45, 7) is 12.3. The number of likely N-dealkylation sites (tertiary alicyclic amines) is 2. The first-order chi connectivity index (χ1) is 10.9. The van der Waals surface area contributed by atoms with Crippen LogP contribution in [-0.4, -0.2) is 66.8 Å². The third kappa shape index (κ3) is 7.08. The summed E-state index contributed by atoms with van der Waals surface area (Å²) in [5.74, 6) is 0. The molecule has 0 saturated carbocycles. The summed E-state index contributed by atoms with van der Waals surface area (Å²) in [4.78, 5) is 16.5. The highest BCUT2D eigenvalue weighted by molar-refractivity contribution is 5.68. The van der Waals surface area contributed by atoms with Crippen LogP contribution in [-0.2, 0) is 4.74 Å². The van der Waals surface area contributed by atoms with E-state index in [-0.39, 0.29) is 6.09 Å². The molecule has 2 heterocycles. The molecule has 0 aromatic heterocycles. The van der Waals surface area contributed by atoms with E-state index in [1.807, 2.05) is 25.7 Å². The van der Waals surface area contributed by atoms with E-state index in [1.54, 1.807) is 0 Å². The molecule has 2 aliphatic rings. The summed E-state index contributed by atoms with van der Waals surface area (Å²) in [5, 5.41) is 3.66. The van der Waals surface area contributed by atoms with Crippen molar-refractivity contribution in [1.29, 1.82) is 0 Å². The van der Waals surface area contributed by atoms with Crippen LogP contribution in [0.5, 0.6) is 0 Å². The first-order valence-corrected chi connectivity index (χ1v) is 9.38. The van der Waals surface area contributed by atoms with Crippen molar-refractivity contribution >= 4 is 6.09 Å². The van der Waals surface area contributed by atoms with Gasteiger partial charge >= 0.3 is 6.09 Å². The van der Waals surface area contributed by atoms with E-state index in [1.165, 1.54) is 45.3 Å². The molecule has 1 N–H and O–H groups in total. The zero-order chi connectivity index (χ0) is 16.7. The normalized spacial score (nSPS) is 21.4. The van der Waals surface area contributed by atoms with Crippen LogP contribution in [0.15, 0.2) is 0 Å². The van der Waals surface area contributed by atoms with Crippen molar-refractivity contribution in [1.82, 2.24) is 15.1 Å². The Morgan fingerprint density at radius 3 is 2.35 bits per heavy atom. The van der Waals surface area contributed by atoms with Crippen LogP contribution in [0.1, 0.15) is 59.3 Å². The summed E-state index contributed by atoms with van der Waals surface area (Å²) in [6.07, 6.45) is 7.28. The number of amides is 1. The van der Waals surface area contributed by atoms with E-state index in [0.717, 1.165) is 32.5 Å². The van der Waals surface area contributed by atoms with Gasteiger partial charge in [0.2, 0.25) is 0 Å². The number of carbonyl (C=O) groups excluding carboxylic acids is 1. The molecule has 0 unspecified atom stereocenters. The first kappa shape index (κ1) is 18.5. The molecule has 0 aromatic carbocycles. The van der Waals surface area contributed by atoms with Crippen LogP contribution >= 0.6 is 0 Å². The van der Waals surface area contributed by atoms with Gasteiger partial charge < -0.3 is 19.9 Å². The van der Waals surface area contributed by atoms with Crippen molar-refractivity contribution < 1.29 is 9.53 Å². The van der Waals surface area contributed by atoms with E-state index >= 15 is 0 Å². The number of hydrogen-bond donors (Lipinski definition) is 1. The monoisotopic (exact) mass is 325 g/mol. The van der Waals surface area contributed by atoms with Crippen molar-refractivity contribution in [3.05, 3.63) is 0 Å². The van der Waals surface area contributed by atoms with Gasteiger partial charge in [0.25, 0.3) is 0 Å². The number of piperidine rings is 2. The minimum atomic E-state index is -0.402. The molecule has 0 spiro atoms. The largest absolute Gasteiger partial charge is 0.444 e. The lowest BCUT2D eigenvalue weighted by Crippen LogP contribution is -2.46. The Bertz CT molecular complexity index is 354. The number of nitrogens with zero attached hydrogens (tertiary/aromatic N) is 2. The minimum absolute atomic E-state index is 0.166. The van der Waals surface area contributed by atoms with Crippen molar-refractivity contribution in [2.45, 2.75) is 70.9 Å². The third-order valence-corrected chi connectivity index (χ3v) is 4.68. The van der Waals surface area contributed by atoms with Crippen molar-refractivity contribution in [3.63, 3.8) is 0 Å². The molecule has 2 fully saturated rings. The summed E-state index contributed by atoms with van der Waals surface area (Å²) >= 11 is 0. The molecule has 5 heteroatoms. The second-order valence-corrected chi connectivity index (χ2v) is 7.95. The maximum absolute atomic E-state index is 12.0. The smallest absolute Gasteiger partial charge is 0.410 e. The molecule has 2 rings (SSSR count). The van der Waals surface area contributed by atoms with Gasteiger partial charge in [0.05, 0.1) is 0 Å². The highest BCUT2D eigenvalue weighted by atomic mass is 16.6. The minimum Gasteiger partial charge on any atom is -0.444 e. The Morgan fingerprint density at radius 1 is 1.09 bits per heavy atom. The Balaban J connectivity index is 1.55. The van der Waals surface area contributed by atoms with Crippen LogP contribution in [0.2, 0.25) is 0 Å². The zero-order valence-electron chi connectivity index (χ0n) is 15.3. The second-order valence-electron chi connectivity index (χ2n) is 7.95. The maximum atomic E-state index is 12.0. The number of hydrogen-bond acceptors (Lipinski definition) is 4. The fourth-order valence-electron chi connectivity index (χ4n) is 3.38. The number of ether oxygens (including phenoxy) is 1. The van der Waals surface area contributed by atoms with Gasteiger partial charge in [-0.25, -0.2) is 4.79 Å². The van der Waals surface area contributed by atoms with Gasteiger partial charge in [-0.3, -0.25) is 0 Å². The molecule has 2 saturated heterocycles. The quantitative estimate of drug-likeness (QED) is 0.790. The standard InChI is InChI=1S/C18H35N3O2/c1-18(2,3)23-17(22)21-14-8-16(9-15-21)19-10-7-13-20-11-5-4-6-12-20/h16,19H,4-15H2,1-3H3. The molecule has 0 bridgehead atoms. The summed E-state index contributed by atoms with van der Waals surface area (Å²) in [7, 11) is 0. The Labute approximate surface area is 141 Å². The number of rotatable bonds is 5.